The van der Waals surface area contributed by atoms with Gasteiger partial charge in [0, 0.05) is 51.8 Å². The van der Waals surface area contributed by atoms with E-state index in [0.29, 0.717) is 32.0 Å². The van der Waals surface area contributed by atoms with Crippen molar-refractivity contribution >= 4 is 27.3 Å². The molecular weight excluding hydrogens is 380 g/mol. The minimum absolute atomic E-state index is 0.111. The van der Waals surface area contributed by atoms with Crippen LogP contribution >= 0.6 is 0 Å². The van der Waals surface area contributed by atoms with E-state index in [1.54, 1.807) is 7.05 Å². The summed E-state index contributed by atoms with van der Waals surface area (Å²) in [5, 5.41) is 2.85. The first-order valence-corrected chi connectivity index (χ1v) is 10.5. The zero-order chi connectivity index (χ0) is 20.5. The summed E-state index contributed by atoms with van der Waals surface area (Å²) in [6.45, 7) is 3.38. The molecule has 152 valence electrons. The molecule has 1 aliphatic heterocycles. The molecule has 0 radical (unpaired) electrons. The van der Waals surface area contributed by atoms with Crippen molar-refractivity contribution in [3.05, 3.63) is 41.7 Å². The lowest BCUT2D eigenvalue weighted by molar-refractivity contribution is 0.0730. The lowest BCUT2D eigenvalue weighted by Gasteiger charge is -2.25. The van der Waals surface area contributed by atoms with Gasteiger partial charge in [0.1, 0.15) is 10.6 Å². The highest BCUT2D eigenvalue weighted by atomic mass is 32.2. The molecule has 1 aromatic heterocycles. The SMILES string of the molecule is Cc1ccc(NC(=O)c2cc(S(=O)(=O)N3CCOCC3)cn2C)cc1N(C)C. The standard InChI is InChI=1S/C19H26N4O4S/c1-14-5-6-15(11-17(14)21(2)3)20-19(24)18-12-16(13-22(18)4)28(25,26)23-7-9-27-10-8-23/h5-6,11-13H,7-10H2,1-4H3,(H,20,24). The lowest BCUT2D eigenvalue weighted by atomic mass is 10.1. The van der Waals surface area contributed by atoms with Crippen LogP contribution in [0.5, 0.6) is 0 Å². The molecule has 0 unspecified atom stereocenters. The summed E-state index contributed by atoms with van der Waals surface area (Å²) in [5.41, 5.74) is 3.03. The second kappa shape index (κ2) is 7.94. The zero-order valence-corrected chi connectivity index (χ0v) is 17.4. The number of hydrogen-bond donors (Lipinski definition) is 1. The van der Waals surface area contributed by atoms with Gasteiger partial charge in [0.15, 0.2) is 0 Å². The van der Waals surface area contributed by atoms with E-state index in [1.807, 2.05) is 44.1 Å². The molecule has 2 aromatic rings. The molecule has 0 bridgehead atoms. The average molecular weight is 407 g/mol. The van der Waals surface area contributed by atoms with Crippen LogP contribution in [-0.2, 0) is 21.8 Å². The zero-order valence-electron chi connectivity index (χ0n) is 16.6. The van der Waals surface area contributed by atoms with Gasteiger partial charge in [-0.05, 0) is 30.7 Å². The molecule has 28 heavy (non-hydrogen) atoms. The number of morpholine rings is 1. The van der Waals surface area contributed by atoms with Gasteiger partial charge >= 0.3 is 0 Å². The van der Waals surface area contributed by atoms with E-state index in [9.17, 15) is 13.2 Å². The largest absolute Gasteiger partial charge is 0.379 e. The number of aromatic nitrogens is 1. The fourth-order valence-corrected chi connectivity index (χ4v) is 4.68. The molecule has 0 atom stereocenters. The summed E-state index contributed by atoms with van der Waals surface area (Å²) in [5.74, 6) is -0.362. The summed E-state index contributed by atoms with van der Waals surface area (Å²) in [4.78, 5) is 14.8. The van der Waals surface area contributed by atoms with Crippen LogP contribution in [0, 0.1) is 6.92 Å². The van der Waals surface area contributed by atoms with Gasteiger partial charge in [-0.25, -0.2) is 8.42 Å². The van der Waals surface area contributed by atoms with Crippen LogP contribution in [0.15, 0.2) is 35.4 Å². The minimum atomic E-state index is -3.65. The Bertz CT molecular complexity index is 976. The van der Waals surface area contributed by atoms with Gasteiger partial charge in [-0.2, -0.15) is 4.31 Å². The number of rotatable bonds is 5. The molecule has 8 nitrogen and oxygen atoms in total. The molecule has 0 spiro atoms. The molecule has 0 saturated carbocycles. The summed E-state index contributed by atoms with van der Waals surface area (Å²) < 4.78 is 33.8. The summed E-state index contributed by atoms with van der Waals surface area (Å²) in [6, 6.07) is 7.07. The first-order valence-electron chi connectivity index (χ1n) is 9.04. The number of ether oxygens (including phenoxy) is 1. The number of benzene rings is 1. The second-order valence-corrected chi connectivity index (χ2v) is 8.98. The molecule has 1 saturated heterocycles. The van der Waals surface area contributed by atoms with Crippen molar-refractivity contribution in [3.8, 4) is 0 Å². The van der Waals surface area contributed by atoms with E-state index in [-0.39, 0.29) is 16.5 Å². The first kappa shape index (κ1) is 20.4. The number of amides is 1. The molecule has 1 N–H and O–H groups in total. The first-order chi connectivity index (χ1) is 13.2. The third kappa shape index (κ3) is 4.06. The topological polar surface area (TPSA) is 83.9 Å². The Morgan fingerprint density at radius 1 is 1.18 bits per heavy atom. The summed E-state index contributed by atoms with van der Waals surface area (Å²) >= 11 is 0. The van der Waals surface area contributed by atoms with Gasteiger partial charge in [0.2, 0.25) is 10.0 Å². The van der Waals surface area contributed by atoms with Gasteiger partial charge in [0.25, 0.3) is 5.91 Å². The van der Waals surface area contributed by atoms with Crippen LogP contribution in [0.4, 0.5) is 11.4 Å². The predicted octanol–water partition coefficient (Wildman–Crippen LogP) is 1.67. The van der Waals surface area contributed by atoms with Crippen LogP contribution in [0.2, 0.25) is 0 Å². The fraction of sp³-hybridized carbons (Fsp3) is 0.421. The second-order valence-electron chi connectivity index (χ2n) is 7.04. The lowest BCUT2D eigenvalue weighted by Crippen LogP contribution is -2.40. The molecule has 9 heteroatoms. The predicted molar refractivity (Wildman–Crippen MR) is 108 cm³/mol. The van der Waals surface area contributed by atoms with Gasteiger partial charge in [0.05, 0.1) is 13.2 Å². The van der Waals surface area contributed by atoms with Gasteiger partial charge < -0.3 is 19.5 Å². The van der Waals surface area contributed by atoms with Crippen LogP contribution < -0.4 is 10.2 Å². The molecule has 1 amide bonds. The number of carbonyl (C=O) groups excluding carboxylic acids is 1. The maximum atomic E-state index is 12.8. The Kier molecular flexibility index (Phi) is 5.78. The van der Waals surface area contributed by atoms with Crippen LogP contribution in [0.1, 0.15) is 16.1 Å². The van der Waals surface area contributed by atoms with Crippen molar-refractivity contribution in [1.29, 1.82) is 0 Å². The van der Waals surface area contributed by atoms with Crippen molar-refractivity contribution < 1.29 is 17.9 Å². The number of nitrogens with one attached hydrogen (secondary N) is 1. The highest BCUT2D eigenvalue weighted by Crippen LogP contribution is 2.24. The fourth-order valence-electron chi connectivity index (χ4n) is 3.20. The van der Waals surface area contributed by atoms with E-state index >= 15 is 0 Å². The van der Waals surface area contributed by atoms with E-state index in [2.05, 4.69) is 5.32 Å². The smallest absolute Gasteiger partial charge is 0.272 e. The van der Waals surface area contributed by atoms with Crippen molar-refractivity contribution in [2.24, 2.45) is 7.05 Å². The van der Waals surface area contributed by atoms with Crippen LogP contribution in [-0.4, -0.2) is 63.6 Å². The van der Waals surface area contributed by atoms with E-state index in [0.717, 1.165) is 11.3 Å². The Hall–Kier alpha value is -2.36. The van der Waals surface area contributed by atoms with Gasteiger partial charge in [-0.3, -0.25) is 4.79 Å². The number of carbonyl (C=O) groups is 1. The van der Waals surface area contributed by atoms with E-state index < -0.39 is 10.0 Å². The van der Waals surface area contributed by atoms with Crippen molar-refractivity contribution in [2.75, 3.05) is 50.6 Å². The number of aryl methyl sites for hydroxylation is 2. The Labute approximate surface area is 165 Å². The molecular formula is C19H26N4O4S. The molecule has 3 rings (SSSR count). The Balaban J connectivity index is 1.83. The maximum absolute atomic E-state index is 12.8. The molecule has 1 aliphatic rings. The van der Waals surface area contributed by atoms with Crippen LogP contribution in [0.3, 0.4) is 0 Å². The third-order valence-electron chi connectivity index (χ3n) is 4.77. The van der Waals surface area contributed by atoms with Gasteiger partial charge in [-0.1, -0.05) is 6.07 Å². The molecule has 2 heterocycles. The highest BCUT2D eigenvalue weighted by molar-refractivity contribution is 7.89. The number of hydrogen-bond acceptors (Lipinski definition) is 5. The van der Waals surface area contributed by atoms with Crippen LogP contribution in [0.25, 0.3) is 0 Å². The van der Waals surface area contributed by atoms with Gasteiger partial charge in [-0.15, -0.1) is 0 Å². The monoisotopic (exact) mass is 406 g/mol. The summed E-state index contributed by atoms with van der Waals surface area (Å²) in [6.07, 6.45) is 1.47. The average Bonchev–Trinajstić information content (AvgIpc) is 3.06. The summed E-state index contributed by atoms with van der Waals surface area (Å²) in [7, 11) is 1.89. The van der Waals surface area contributed by atoms with Crippen molar-refractivity contribution in [3.63, 3.8) is 0 Å². The molecule has 0 aliphatic carbocycles. The maximum Gasteiger partial charge on any atom is 0.272 e. The molecule has 1 aromatic carbocycles. The van der Waals surface area contributed by atoms with E-state index in [4.69, 9.17) is 4.74 Å². The third-order valence-corrected chi connectivity index (χ3v) is 6.63. The number of anilines is 2. The number of sulfonamides is 1. The number of nitrogens with zero attached hydrogens (tertiary/aromatic N) is 3. The molecule has 1 fully saturated rings. The Morgan fingerprint density at radius 2 is 1.86 bits per heavy atom. The normalized spacial score (nSPS) is 15.4. The van der Waals surface area contributed by atoms with Crippen molar-refractivity contribution in [1.82, 2.24) is 8.87 Å². The Morgan fingerprint density at radius 3 is 2.50 bits per heavy atom. The minimum Gasteiger partial charge on any atom is -0.379 e. The van der Waals surface area contributed by atoms with E-state index in [1.165, 1.54) is 21.1 Å². The highest BCUT2D eigenvalue weighted by Gasteiger charge is 2.28. The quantitative estimate of drug-likeness (QED) is 0.817. The van der Waals surface area contributed by atoms with Crippen molar-refractivity contribution in [2.45, 2.75) is 11.8 Å².